The molecular formula is C13H13Cl2N2-. The molecule has 0 saturated carbocycles. The number of halogens is 2. The summed E-state index contributed by atoms with van der Waals surface area (Å²) >= 11 is 5.90. The first-order valence-corrected chi connectivity index (χ1v) is 5.56. The molecule has 2 nitrogen and oxygen atoms in total. The molecule has 2 rings (SSSR count). The zero-order valence-electron chi connectivity index (χ0n) is 9.24. The number of hydrogen-bond donors (Lipinski definition) is 1. The van der Waals surface area contributed by atoms with E-state index in [1.54, 1.807) is 12.4 Å². The van der Waals surface area contributed by atoms with Gasteiger partial charge in [0.25, 0.3) is 0 Å². The van der Waals surface area contributed by atoms with E-state index in [-0.39, 0.29) is 12.4 Å². The van der Waals surface area contributed by atoms with Crippen LogP contribution in [0, 0.1) is 0 Å². The van der Waals surface area contributed by atoms with Crippen LogP contribution in [-0.4, -0.2) is 4.98 Å². The van der Waals surface area contributed by atoms with E-state index in [9.17, 15) is 0 Å². The summed E-state index contributed by atoms with van der Waals surface area (Å²) in [5.41, 5.74) is 2.43. The molecule has 0 bridgehead atoms. The summed E-state index contributed by atoms with van der Waals surface area (Å²) in [6.07, 6.45) is 3.60. The Kier molecular flexibility index (Phi) is 5.98. The second kappa shape index (κ2) is 7.28. The normalized spacial score (nSPS) is 9.71. The smallest absolute Gasteiger partial charge is 0.0409 e. The average Bonchev–Trinajstić information content (AvgIpc) is 2.30. The van der Waals surface area contributed by atoms with Crippen LogP contribution in [0.2, 0.25) is 5.02 Å². The number of rotatable bonds is 4. The van der Waals surface area contributed by atoms with Gasteiger partial charge in [0, 0.05) is 30.5 Å². The minimum Gasteiger partial charge on any atom is -1.00 e. The summed E-state index contributed by atoms with van der Waals surface area (Å²) in [6.45, 7) is 1.66. The standard InChI is InChI=1S/C13H13ClN2.ClH/c14-13-3-1-2-12(8-13)10-16-9-11-4-6-15-7-5-11;/h1-8,16H,9-10H2;1H/p-1. The van der Waals surface area contributed by atoms with Crippen LogP contribution in [0.4, 0.5) is 0 Å². The Bertz CT molecular complexity index is 446. The number of hydrogen-bond acceptors (Lipinski definition) is 2. The fraction of sp³-hybridized carbons (Fsp3) is 0.154. The van der Waals surface area contributed by atoms with Crippen molar-refractivity contribution in [2.45, 2.75) is 13.1 Å². The molecule has 17 heavy (non-hydrogen) atoms. The maximum Gasteiger partial charge on any atom is 0.0409 e. The van der Waals surface area contributed by atoms with Crippen LogP contribution in [0.15, 0.2) is 48.8 Å². The van der Waals surface area contributed by atoms with Gasteiger partial charge in [-0.1, -0.05) is 23.7 Å². The van der Waals surface area contributed by atoms with E-state index in [1.807, 2.05) is 30.3 Å². The van der Waals surface area contributed by atoms with Gasteiger partial charge in [0.05, 0.1) is 0 Å². The van der Waals surface area contributed by atoms with Crippen LogP contribution >= 0.6 is 11.6 Å². The van der Waals surface area contributed by atoms with Gasteiger partial charge in [-0.05, 0) is 35.4 Å². The Balaban J connectivity index is 0.00000144. The molecule has 0 amide bonds. The molecule has 90 valence electrons. The molecule has 0 atom stereocenters. The minimum absolute atomic E-state index is 0. The molecule has 1 aromatic heterocycles. The Morgan fingerprint density at radius 3 is 2.41 bits per heavy atom. The Morgan fingerprint density at radius 2 is 1.71 bits per heavy atom. The fourth-order valence-electron chi connectivity index (χ4n) is 1.50. The Labute approximate surface area is 112 Å². The molecular weight excluding hydrogens is 255 g/mol. The van der Waals surface area contributed by atoms with Crippen molar-refractivity contribution in [3.63, 3.8) is 0 Å². The summed E-state index contributed by atoms with van der Waals surface area (Å²) in [4.78, 5) is 3.98. The molecule has 0 fully saturated rings. The molecule has 1 aromatic carbocycles. The van der Waals surface area contributed by atoms with Gasteiger partial charge in [0.1, 0.15) is 0 Å². The van der Waals surface area contributed by atoms with Gasteiger partial charge in [-0.3, -0.25) is 4.98 Å². The number of aromatic nitrogens is 1. The first-order valence-electron chi connectivity index (χ1n) is 5.18. The molecule has 1 N–H and O–H groups in total. The molecule has 1 heterocycles. The van der Waals surface area contributed by atoms with Crippen LogP contribution in [0.25, 0.3) is 0 Å². The first kappa shape index (κ1) is 14.0. The topological polar surface area (TPSA) is 24.9 Å². The molecule has 0 aliphatic heterocycles. The second-order valence-electron chi connectivity index (χ2n) is 3.59. The Hall–Kier alpha value is -1.09. The number of benzene rings is 1. The van der Waals surface area contributed by atoms with E-state index in [2.05, 4.69) is 16.4 Å². The molecule has 0 spiro atoms. The number of nitrogens with zero attached hydrogens (tertiary/aromatic N) is 1. The summed E-state index contributed by atoms with van der Waals surface area (Å²) in [6, 6.07) is 11.9. The number of nitrogens with one attached hydrogen (secondary N) is 1. The zero-order valence-corrected chi connectivity index (χ0v) is 10.7. The molecule has 0 saturated heterocycles. The molecule has 0 aliphatic carbocycles. The zero-order chi connectivity index (χ0) is 11.2. The van der Waals surface area contributed by atoms with Crippen molar-refractivity contribution < 1.29 is 12.4 Å². The van der Waals surface area contributed by atoms with Gasteiger partial charge >= 0.3 is 0 Å². The summed E-state index contributed by atoms with van der Waals surface area (Å²) < 4.78 is 0. The van der Waals surface area contributed by atoms with Crippen molar-refractivity contribution in [2.75, 3.05) is 0 Å². The van der Waals surface area contributed by atoms with Gasteiger partial charge in [-0.15, -0.1) is 0 Å². The molecule has 0 aliphatic rings. The fourth-order valence-corrected chi connectivity index (χ4v) is 1.71. The highest BCUT2D eigenvalue weighted by Crippen LogP contribution is 2.10. The van der Waals surface area contributed by atoms with Crippen LogP contribution in [0.3, 0.4) is 0 Å². The van der Waals surface area contributed by atoms with Gasteiger partial charge in [-0.2, -0.15) is 0 Å². The van der Waals surface area contributed by atoms with Gasteiger partial charge in [0.15, 0.2) is 0 Å². The van der Waals surface area contributed by atoms with Gasteiger partial charge < -0.3 is 17.7 Å². The molecule has 4 heteroatoms. The predicted octanol–water partition coefficient (Wildman–Crippen LogP) is 0.0288. The molecule has 2 aromatic rings. The van der Waals surface area contributed by atoms with Gasteiger partial charge in [0.2, 0.25) is 0 Å². The monoisotopic (exact) mass is 267 g/mol. The van der Waals surface area contributed by atoms with E-state index in [4.69, 9.17) is 11.6 Å². The lowest BCUT2D eigenvalue weighted by Crippen LogP contribution is -3.00. The third-order valence-corrected chi connectivity index (χ3v) is 2.53. The van der Waals surface area contributed by atoms with Gasteiger partial charge in [-0.25, -0.2) is 0 Å². The lowest BCUT2D eigenvalue weighted by atomic mass is 10.2. The van der Waals surface area contributed by atoms with Crippen LogP contribution < -0.4 is 17.7 Å². The largest absolute Gasteiger partial charge is 1.00 e. The third-order valence-electron chi connectivity index (χ3n) is 2.30. The first-order chi connectivity index (χ1) is 7.84. The highest BCUT2D eigenvalue weighted by Gasteiger charge is 1.94. The van der Waals surface area contributed by atoms with E-state index in [0.29, 0.717) is 0 Å². The van der Waals surface area contributed by atoms with E-state index >= 15 is 0 Å². The maximum atomic E-state index is 5.90. The minimum atomic E-state index is 0. The van der Waals surface area contributed by atoms with Crippen molar-refractivity contribution in [3.05, 3.63) is 64.9 Å². The van der Waals surface area contributed by atoms with E-state index in [1.165, 1.54) is 11.1 Å². The maximum absolute atomic E-state index is 5.90. The SMILES string of the molecule is Clc1cccc(CNCc2ccncc2)c1.[Cl-]. The highest BCUT2D eigenvalue weighted by molar-refractivity contribution is 6.30. The molecule has 0 unspecified atom stereocenters. The van der Waals surface area contributed by atoms with Crippen molar-refractivity contribution in [3.8, 4) is 0 Å². The van der Waals surface area contributed by atoms with Crippen LogP contribution in [-0.2, 0) is 13.1 Å². The lowest BCUT2D eigenvalue weighted by molar-refractivity contribution is -0.00000324. The molecule has 0 radical (unpaired) electrons. The summed E-state index contributed by atoms with van der Waals surface area (Å²) in [5, 5.41) is 4.14. The van der Waals surface area contributed by atoms with Crippen molar-refractivity contribution >= 4 is 11.6 Å². The quantitative estimate of drug-likeness (QED) is 0.846. The average molecular weight is 268 g/mol. The number of pyridine rings is 1. The summed E-state index contributed by atoms with van der Waals surface area (Å²) in [7, 11) is 0. The van der Waals surface area contributed by atoms with Crippen molar-refractivity contribution in [2.24, 2.45) is 0 Å². The second-order valence-corrected chi connectivity index (χ2v) is 4.03. The van der Waals surface area contributed by atoms with E-state index in [0.717, 1.165) is 18.1 Å². The lowest BCUT2D eigenvalue weighted by Gasteiger charge is -2.05. The van der Waals surface area contributed by atoms with Crippen molar-refractivity contribution in [1.82, 2.24) is 10.3 Å². The van der Waals surface area contributed by atoms with E-state index < -0.39 is 0 Å². The third kappa shape index (κ3) is 4.73. The predicted molar refractivity (Wildman–Crippen MR) is 66.2 cm³/mol. The van der Waals surface area contributed by atoms with Crippen molar-refractivity contribution in [1.29, 1.82) is 0 Å². The van der Waals surface area contributed by atoms with Crippen LogP contribution in [0.5, 0.6) is 0 Å². The summed E-state index contributed by atoms with van der Waals surface area (Å²) in [5.74, 6) is 0. The Morgan fingerprint density at radius 1 is 1.00 bits per heavy atom. The highest BCUT2D eigenvalue weighted by atomic mass is 35.5. The van der Waals surface area contributed by atoms with Crippen LogP contribution in [0.1, 0.15) is 11.1 Å².